The second kappa shape index (κ2) is 4.62. The first-order valence-corrected chi connectivity index (χ1v) is 5.61. The van der Waals surface area contributed by atoms with Crippen molar-refractivity contribution in [2.24, 2.45) is 0 Å². The molecule has 0 atom stereocenters. The summed E-state index contributed by atoms with van der Waals surface area (Å²) in [5.41, 5.74) is 0.748. The monoisotopic (exact) mass is 206 g/mol. The Morgan fingerprint density at radius 3 is 2.80 bits per heavy atom. The molecule has 1 saturated carbocycles. The number of aliphatic hydroxyl groups is 1. The van der Waals surface area contributed by atoms with E-state index in [0.29, 0.717) is 6.04 Å². The SMILES string of the molecule is CN(c1cccc(CO)n1)C1CCCC1. The van der Waals surface area contributed by atoms with E-state index in [1.165, 1.54) is 25.7 Å². The van der Waals surface area contributed by atoms with E-state index in [0.717, 1.165) is 11.5 Å². The third kappa shape index (κ3) is 2.29. The van der Waals surface area contributed by atoms with Crippen molar-refractivity contribution in [3.05, 3.63) is 23.9 Å². The Morgan fingerprint density at radius 1 is 1.40 bits per heavy atom. The predicted molar refractivity (Wildman–Crippen MR) is 60.8 cm³/mol. The molecule has 1 aliphatic rings. The number of nitrogens with zero attached hydrogens (tertiary/aromatic N) is 2. The Morgan fingerprint density at radius 2 is 2.13 bits per heavy atom. The fourth-order valence-corrected chi connectivity index (χ4v) is 2.23. The number of hydrogen-bond donors (Lipinski definition) is 1. The highest BCUT2D eigenvalue weighted by Gasteiger charge is 2.20. The molecule has 3 heteroatoms. The highest BCUT2D eigenvalue weighted by Crippen LogP contribution is 2.25. The van der Waals surface area contributed by atoms with Crippen LogP contribution in [-0.4, -0.2) is 23.2 Å². The van der Waals surface area contributed by atoms with Gasteiger partial charge in [0.05, 0.1) is 12.3 Å². The highest BCUT2D eigenvalue weighted by molar-refractivity contribution is 5.39. The average Bonchev–Trinajstić information content (AvgIpc) is 2.81. The molecule has 0 bridgehead atoms. The molecule has 0 aromatic carbocycles. The molecule has 1 fully saturated rings. The quantitative estimate of drug-likeness (QED) is 0.821. The molecular formula is C12H18N2O. The molecule has 82 valence electrons. The largest absolute Gasteiger partial charge is 0.390 e. The Labute approximate surface area is 90.8 Å². The van der Waals surface area contributed by atoms with Gasteiger partial charge in [-0.15, -0.1) is 0 Å². The van der Waals surface area contributed by atoms with Crippen LogP contribution in [0.1, 0.15) is 31.4 Å². The van der Waals surface area contributed by atoms with Gasteiger partial charge in [0.15, 0.2) is 0 Å². The Hall–Kier alpha value is -1.09. The van der Waals surface area contributed by atoms with Crippen molar-refractivity contribution in [1.82, 2.24) is 4.98 Å². The molecule has 0 spiro atoms. The van der Waals surface area contributed by atoms with Gasteiger partial charge >= 0.3 is 0 Å². The first kappa shape index (κ1) is 10.4. The first-order chi connectivity index (χ1) is 7.31. The zero-order valence-corrected chi connectivity index (χ0v) is 9.19. The first-order valence-electron chi connectivity index (χ1n) is 5.61. The van der Waals surface area contributed by atoms with Crippen LogP contribution in [0.3, 0.4) is 0 Å². The molecule has 1 N–H and O–H groups in total. The van der Waals surface area contributed by atoms with Gasteiger partial charge in [-0.05, 0) is 25.0 Å². The van der Waals surface area contributed by atoms with Crippen LogP contribution in [0, 0.1) is 0 Å². The summed E-state index contributed by atoms with van der Waals surface area (Å²) in [4.78, 5) is 6.65. The van der Waals surface area contributed by atoms with Gasteiger partial charge in [0, 0.05) is 13.1 Å². The predicted octanol–water partition coefficient (Wildman–Crippen LogP) is 1.95. The highest BCUT2D eigenvalue weighted by atomic mass is 16.3. The van der Waals surface area contributed by atoms with Crippen LogP contribution in [-0.2, 0) is 6.61 Å². The summed E-state index contributed by atoms with van der Waals surface area (Å²) >= 11 is 0. The lowest BCUT2D eigenvalue weighted by atomic mass is 10.2. The minimum absolute atomic E-state index is 0.0202. The van der Waals surface area contributed by atoms with Gasteiger partial charge in [-0.2, -0.15) is 0 Å². The summed E-state index contributed by atoms with van der Waals surface area (Å²) in [6, 6.07) is 6.45. The molecule has 0 aliphatic heterocycles. The van der Waals surface area contributed by atoms with Crippen LogP contribution in [0.4, 0.5) is 5.82 Å². The fourth-order valence-electron chi connectivity index (χ4n) is 2.23. The van der Waals surface area contributed by atoms with Crippen LogP contribution >= 0.6 is 0 Å². The van der Waals surface area contributed by atoms with Gasteiger partial charge in [0.1, 0.15) is 5.82 Å². The van der Waals surface area contributed by atoms with E-state index in [9.17, 15) is 0 Å². The van der Waals surface area contributed by atoms with E-state index in [1.807, 2.05) is 18.2 Å². The molecule has 0 saturated heterocycles. The maximum Gasteiger partial charge on any atom is 0.128 e. The van der Waals surface area contributed by atoms with Gasteiger partial charge in [-0.25, -0.2) is 4.98 Å². The lowest BCUT2D eigenvalue weighted by molar-refractivity contribution is 0.277. The number of pyridine rings is 1. The summed E-state index contributed by atoms with van der Waals surface area (Å²) in [5.74, 6) is 0.980. The molecule has 1 aromatic rings. The molecule has 3 nitrogen and oxygen atoms in total. The number of rotatable bonds is 3. The molecule has 1 aromatic heterocycles. The standard InChI is InChI=1S/C12H18N2O/c1-14(11-6-2-3-7-11)12-8-4-5-10(9-15)13-12/h4-5,8,11,15H,2-3,6-7,9H2,1H3. The van der Waals surface area contributed by atoms with Crippen molar-refractivity contribution >= 4 is 5.82 Å². The van der Waals surface area contributed by atoms with Gasteiger partial charge in [0.25, 0.3) is 0 Å². The van der Waals surface area contributed by atoms with E-state index in [4.69, 9.17) is 5.11 Å². The molecule has 0 unspecified atom stereocenters. The maximum absolute atomic E-state index is 9.03. The second-order valence-corrected chi connectivity index (χ2v) is 4.19. The van der Waals surface area contributed by atoms with Crippen molar-refractivity contribution in [3.63, 3.8) is 0 Å². The van der Waals surface area contributed by atoms with E-state index in [-0.39, 0.29) is 6.61 Å². The molecule has 2 rings (SSSR count). The topological polar surface area (TPSA) is 36.4 Å². The maximum atomic E-state index is 9.03. The molecule has 15 heavy (non-hydrogen) atoms. The fraction of sp³-hybridized carbons (Fsp3) is 0.583. The van der Waals surface area contributed by atoms with Gasteiger partial charge < -0.3 is 10.0 Å². The van der Waals surface area contributed by atoms with Gasteiger partial charge in [-0.3, -0.25) is 0 Å². The normalized spacial score (nSPS) is 16.9. The summed E-state index contributed by atoms with van der Waals surface area (Å²) in [6.07, 6.45) is 5.19. The van der Waals surface area contributed by atoms with Crippen molar-refractivity contribution < 1.29 is 5.11 Å². The van der Waals surface area contributed by atoms with Crippen LogP contribution in [0.15, 0.2) is 18.2 Å². The van der Waals surface area contributed by atoms with Crippen LogP contribution < -0.4 is 4.90 Å². The minimum atomic E-state index is 0.0202. The number of aliphatic hydroxyl groups excluding tert-OH is 1. The summed E-state index contributed by atoms with van der Waals surface area (Å²) < 4.78 is 0. The summed E-state index contributed by atoms with van der Waals surface area (Å²) in [6.45, 7) is 0.0202. The van der Waals surface area contributed by atoms with Crippen LogP contribution in [0.25, 0.3) is 0 Å². The van der Waals surface area contributed by atoms with E-state index < -0.39 is 0 Å². The third-order valence-corrected chi connectivity index (χ3v) is 3.19. The number of aromatic nitrogens is 1. The molecular weight excluding hydrogens is 188 g/mol. The summed E-state index contributed by atoms with van der Waals surface area (Å²) in [5, 5.41) is 9.03. The number of hydrogen-bond acceptors (Lipinski definition) is 3. The Bertz CT molecular complexity index is 321. The zero-order chi connectivity index (χ0) is 10.7. The summed E-state index contributed by atoms with van der Waals surface area (Å²) in [7, 11) is 2.10. The molecule has 1 aliphatic carbocycles. The van der Waals surface area contributed by atoms with Gasteiger partial charge in [-0.1, -0.05) is 18.9 Å². The van der Waals surface area contributed by atoms with Crippen molar-refractivity contribution in [2.75, 3.05) is 11.9 Å². The smallest absolute Gasteiger partial charge is 0.128 e. The average molecular weight is 206 g/mol. The van der Waals surface area contributed by atoms with Crippen molar-refractivity contribution in [3.8, 4) is 0 Å². The van der Waals surface area contributed by atoms with Crippen molar-refractivity contribution in [2.45, 2.75) is 38.3 Å². The van der Waals surface area contributed by atoms with E-state index in [1.54, 1.807) is 0 Å². The minimum Gasteiger partial charge on any atom is -0.390 e. The molecule has 0 amide bonds. The Balaban J connectivity index is 2.13. The molecule has 1 heterocycles. The zero-order valence-electron chi connectivity index (χ0n) is 9.19. The lowest BCUT2D eigenvalue weighted by Crippen LogP contribution is -2.29. The Kier molecular flexibility index (Phi) is 3.21. The number of anilines is 1. The van der Waals surface area contributed by atoms with E-state index in [2.05, 4.69) is 16.9 Å². The third-order valence-electron chi connectivity index (χ3n) is 3.19. The lowest BCUT2D eigenvalue weighted by Gasteiger charge is -2.25. The van der Waals surface area contributed by atoms with Crippen LogP contribution in [0.5, 0.6) is 0 Å². The molecule has 0 radical (unpaired) electrons. The second-order valence-electron chi connectivity index (χ2n) is 4.19. The van der Waals surface area contributed by atoms with Crippen LogP contribution in [0.2, 0.25) is 0 Å². The van der Waals surface area contributed by atoms with Gasteiger partial charge in [0.2, 0.25) is 0 Å². The van der Waals surface area contributed by atoms with E-state index >= 15 is 0 Å². The van der Waals surface area contributed by atoms with Crippen molar-refractivity contribution in [1.29, 1.82) is 0 Å².